The summed E-state index contributed by atoms with van der Waals surface area (Å²) in [4.78, 5) is 37.1. The lowest BCUT2D eigenvalue weighted by Crippen LogP contribution is -2.44. The molecule has 14 nitrogen and oxygen atoms in total. The largest absolute Gasteiger partial charge is 0.433 e. The van der Waals surface area contributed by atoms with Crippen LogP contribution in [0.25, 0.3) is 16.9 Å². The monoisotopic (exact) mass is 600 g/mol. The summed E-state index contributed by atoms with van der Waals surface area (Å²) in [5, 5.41) is 14.2. The quantitative estimate of drug-likeness (QED) is 0.0706. The number of halogens is 3. The van der Waals surface area contributed by atoms with Gasteiger partial charge >= 0.3 is 6.18 Å². The molecular formula is C26H31F3N12O2. The zero-order chi connectivity index (χ0) is 31.1. The number of nitrogens with two attached hydrogens (primary N) is 3. The van der Waals surface area contributed by atoms with Crippen molar-refractivity contribution in [3.8, 4) is 11.3 Å². The van der Waals surface area contributed by atoms with Crippen molar-refractivity contribution >= 4 is 34.9 Å². The van der Waals surface area contributed by atoms with Gasteiger partial charge in [0, 0.05) is 36.7 Å². The Bertz CT molecular complexity index is 1630. The topological polar surface area (TPSA) is 220 Å². The number of guanidine groups is 1. The van der Waals surface area contributed by atoms with E-state index < -0.39 is 23.8 Å². The summed E-state index contributed by atoms with van der Waals surface area (Å²) in [7, 11) is 0. The van der Waals surface area contributed by atoms with Gasteiger partial charge in [-0.05, 0) is 36.6 Å². The molecule has 43 heavy (non-hydrogen) atoms. The van der Waals surface area contributed by atoms with Crippen molar-refractivity contribution in [1.82, 2.24) is 35.2 Å². The normalized spacial score (nSPS) is 12.1. The maximum atomic E-state index is 13.4. The second-order valence-electron chi connectivity index (χ2n) is 9.39. The van der Waals surface area contributed by atoms with Gasteiger partial charge in [-0.25, -0.2) is 9.97 Å². The van der Waals surface area contributed by atoms with Gasteiger partial charge in [0.15, 0.2) is 17.4 Å². The highest BCUT2D eigenvalue weighted by Crippen LogP contribution is 2.36. The molecule has 17 heteroatoms. The van der Waals surface area contributed by atoms with Gasteiger partial charge in [-0.3, -0.25) is 24.1 Å². The number of benzene rings is 1. The van der Waals surface area contributed by atoms with E-state index in [-0.39, 0.29) is 29.7 Å². The molecule has 0 aliphatic rings. The number of hydrogen-bond donors (Lipinski definition) is 7. The molecule has 0 unspecified atom stereocenters. The van der Waals surface area contributed by atoms with Crippen molar-refractivity contribution in [2.45, 2.75) is 32.0 Å². The number of nitrogens with one attached hydrogen (secondary N) is 4. The number of carbonyl (C=O) groups excluding carboxylic acids is 2. The molecule has 3 aromatic heterocycles. The predicted molar refractivity (Wildman–Crippen MR) is 153 cm³/mol. The summed E-state index contributed by atoms with van der Waals surface area (Å²) >= 11 is 0. The average molecular weight is 601 g/mol. The fraction of sp³-hybridized carbons (Fsp3) is 0.308. The summed E-state index contributed by atoms with van der Waals surface area (Å²) in [6, 6.07) is 4.27. The highest BCUT2D eigenvalue weighted by atomic mass is 19.4. The van der Waals surface area contributed by atoms with Crippen LogP contribution in [0.15, 0.2) is 48.0 Å². The van der Waals surface area contributed by atoms with Crippen LogP contribution in [0.4, 0.5) is 24.7 Å². The number of aromatic amines is 1. The molecule has 0 aliphatic carbocycles. The smallest absolute Gasteiger partial charge is 0.370 e. The van der Waals surface area contributed by atoms with Crippen molar-refractivity contribution in [2.75, 3.05) is 25.0 Å². The average Bonchev–Trinajstić information content (AvgIpc) is 3.63. The summed E-state index contributed by atoms with van der Waals surface area (Å²) < 4.78 is 41.7. The second kappa shape index (κ2) is 13.2. The van der Waals surface area contributed by atoms with E-state index in [4.69, 9.17) is 17.2 Å². The summed E-state index contributed by atoms with van der Waals surface area (Å²) in [5.41, 5.74) is 17.4. The molecule has 4 aromatic rings. The summed E-state index contributed by atoms with van der Waals surface area (Å²) in [6.45, 7) is 2.48. The second-order valence-corrected chi connectivity index (χ2v) is 9.39. The molecule has 0 radical (unpaired) electrons. The van der Waals surface area contributed by atoms with Crippen molar-refractivity contribution in [3.63, 3.8) is 0 Å². The molecule has 0 spiro atoms. The highest BCUT2D eigenvalue weighted by molar-refractivity contribution is 5.96. The Morgan fingerprint density at radius 2 is 1.91 bits per heavy atom. The molecule has 228 valence electrons. The Balaban J connectivity index is 1.39. The Kier molecular flexibility index (Phi) is 9.44. The van der Waals surface area contributed by atoms with E-state index in [1.807, 2.05) is 12.0 Å². The van der Waals surface area contributed by atoms with E-state index in [0.29, 0.717) is 48.6 Å². The number of anilines is 2. The Labute approximate surface area is 243 Å². The zero-order valence-corrected chi connectivity index (χ0v) is 23.1. The number of nitrogens with zero attached hydrogens (tertiary/aromatic N) is 5. The van der Waals surface area contributed by atoms with E-state index in [2.05, 4.69) is 36.0 Å². The third-order valence-corrected chi connectivity index (χ3v) is 6.37. The van der Waals surface area contributed by atoms with Crippen LogP contribution in [0.5, 0.6) is 0 Å². The minimum absolute atomic E-state index is 0.0298. The van der Waals surface area contributed by atoms with Gasteiger partial charge in [0.1, 0.15) is 11.7 Å². The van der Waals surface area contributed by atoms with Gasteiger partial charge in [-0.15, -0.1) is 0 Å². The minimum Gasteiger partial charge on any atom is -0.370 e. The van der Waals surface area contributed by atoms with E-state index >= 15 is 0 Å². The van der Waals surface area contributed by atoms with Gasteiger partial charge in [0.2, 0.25) is 5.91 Å². The van der Waals surface area contributed by atoms with Crippen molar-refractivity contribution in [1.29, 1.82) is 0 Å². The summed E-state index contributed by atoms with van der Waals surface area (Å²) in [6.07, 6.45) is 1.77. The number of alkyl halides is 3. The number of amides is 2. The van der Waals surface area contributed by atoms with Gasteiger partial charge in [0.25, 0.3) is 5.91 Å². The first kappa shape index (κ1) is 30.8. The molecule has 4 rings (SSSR count). The van der Waals surface area contributed by atoms with Crippen molar-refractivity contribution < 1.29 is 22.8 Å². The minimum atomic E-state index is -4.62. The lowest BCUT2D eigenvalue weighted by molar-refractivity contribution is -0.140. The van der Waals surface area contributed by atoms with E-state index in [1.54, 1.807) is 18.2 Å². The molecule has 1 aromatic carbocycles. The van der Waals surface area contributed by atoms with Gasteiger partial charge in [-0.1, -0.05) is 6.92 Å². The fourth-order valence-corrected chi connectivity index (χ4v) is 4.24. The number of aryl methyl sites for hydroxylation is 1. The van der Waals surface area contributed by atoms with Crippen LogP contribution in [0, 0.1) is 0 Å². The molecule has 10 N–H and O–H groups in total. The van der Waals surface area contributed by atoms with Crippen LogP contribution >= 0.6 is 0 Å². The molecular weight excluding hydrogens is 569 g/mol. The molecule has 2 amide bonds. The lowest BCUT2D eigenvalue weighted by Gasteiger charge is -2.13. The predicted octanol–water partition coefficient (Wildman–Crippen LogP) is 1.28. The number of aromatic nitrogens is 5. The molecule has 1 atom stereocenters. The van der Waals surface area contributed by atoms with Crippen molar-refractivity contribution in [3.05, 3.63) is 59.8 Å². The Morgan fingerprint density at radius 3 is 2.63 bits per heavy atom. The zero-order valence-electron chi connectivity index (χ0n) is 23.1. The number of rotatable bonds is 12. The third kappa shape index (κ3) is 7.37. The number of fused-ring (bicyclic) bond motifs is 1. The van der Waals surface area contributed by atoms with Crippen LogP contribution < -0.4 is 33.2 Å². The number of imidazole rings is 1. The molecule has 0 bridgehead atoms. The number of aliphatic imine (C=N–C) groups is 1. The lowest BCUT2D eigenvalue weighted by atomic mass is 10.0. The fourth-order valence-electron chi connectivity index (χ4n) is 4.24. The van der Waals surface area contributed by atoms with Gasteiger partial charge in [0.05, 0.1) is 30.2 Å². The first-order valence-corrected chi connectivity index (χ1v) is 13.2. The Hall–Kier alpha value is -5.19. The molecule has 0 aliphatic heterocycles. The summed E-state index contributed by atoms with van der Waals surface area (Å²) in [5.74, 6) is -0.528. The van der Waals surface area contributed by atoms with E-state index in [9.17, 15) is 22.8 Å². The SMILES string of the molecule is CCc1cc(Nc2nccn3c(-c4cn[nH]c4C(F)(F)F)cnc23)ccc1C(=O)NCCCNC(=O)[C@@H](N)CN=C(N)N. The van der Waals surface area contributed by atoms with Gasteiger partial charge in [-0.2, -0.15) is 18.3 Å². The number of hydrogen-bond acceptors (Lipinski definition) is 8. The van der Waals surface area contributed by atoms with E-state index in [0.717, 1.165) is 11.8 Å². The molecule has 0 saturated carbocycles. The molecule has 3 heterocycles. The van der Waals surface area contributed by atoms with Gasteiger partial charge < -0.3 is 33.2 Å². The maximum absolute atomic E-state index is 13.4. The standard InChI is InChI=1S/C26H31F3N12O2/c1-2-14-10-15(4-5-16(14)23(42)34-6-3-7-35-24(43)18(30)12-37-25(31)32)39-21-22-36-13-19(41(22)9-8-33-21)17-11-38-40-20(17)26(27,28)29/h4-5,8-11,13,18H,2-3,6-7,12,30H2,1H3,(H,33,39)(H,34,42)(H,35,43)(H,38,40)(H4,31,32,37)/t18-/m0/s1. The highest BCUT2D eigenvalue weighted by Gasteiger charge is 2.36. The van der Waals surface area contributed by atoms with E-state index in [1.165, 1.54) is 23.0 Å². The van der Waals surface area contributed by atoms with Crippen LogP contribution in [0.2, 0.25) is 0 Å². The number of carbonyl (C=O) groups is 2. The van der Waals surface area contributed by atoms with Crippen LogP contribution in [-0.2, 0) is 17.4 Å². The molecule has 0 fully saturated rings. The van der Waals surface area contributed by atoms with Crippen LogP contribution in [0.3, 0.4) is 0 Å². The van der Waals surface area contributed by atoms with Crippen LogP contribution in [-0.4, -0.2) is 68.0 Å². The third-order valence-electron chi connectivity index (χ3n) is 6.37. The maximum Gasteiger partial charge on any atom is 0.433 e. The number of H-pyrrole nitrogens is 1. The molecule has 0 saturated heterocycles. The van der Waals surface area contributed by atoms with Crippen molar-refractivity contribution in [2.24, 2.45) is 22.2 Å². The first-order valence-electron chi connectivity index (χ1n) is 13.2. The first-order chi connectivity index (χ1) is 20.5. The van der Waals surface area contributed by atoms with Crippen LogP contribution in [0.1, 0.15) is 35.0 Å². The Morgan fingerprint density at radius 1 is 1.14 bits per heavy atom.